The Morgan fingerprint density at radius 2 is 1.44 bits per heavy atom. The van der Waals surface area contributed by atoms with Gasteiger partial charge in [-0.05, 0) is 31.2 Å². The number of fused-ring (bicyclic) bond motifs is 1. The van der Waals surface area contributed by atoms with E-state index >= 15 is 0 Å². The molecule has 0 aromatic heterocycles. The van der Waals surface area contributed by atoms with E-state index in [0.717, 1.165) is 10.5 Å². The fourth-order valence-electron chi connectivity index (χ4n) is 2.51. The lowest BCUT2D eigenvalue weighted by Crippen LogP contribution is -2.47. The van der Waals surface area contributed by atoms with Crippen molar-refractivity contribution in [3.8, 4) is 0 Å². The predicted molar refractivity (Wildman–Crippen MR) is 98.6 cm³/mol. The zero-order chi connectivity index (χ0) is 19.7. The highest BCUT2D eigenvalue weighted by molar-refractivity contribution is 6.43. The summed E-state index contributed by atoms with van der Waals surface area (Å²) in [4.78, 5) is 49.4. The Morgan fingerprint density at radius 1 is 0.926 bits per heavy atom. The molecule has 0 fully saturated rings. The lowest BCUT2D eigenvalue weighted by Gasteiger charge is -2.14. The van der Waals surface area contributed by atoms with Crippen LogP contribution >= 0.6 is 23.2 Å². The number of hydrazine groups is 1. The molecule has 0 atom stereocenters. The van der Waals surface area contributed by atoms with E-state index in [1.54, 1.807) is 24.3 Å². The van der Waals surface area contributed by atoms with Crippen LogP contribution in [0.5, 0.6) is 0 Å². The van der Waals surface area contributed by atoms with Gasteiger partial charge in [0.15, 0.2) is 0 Å². The zero-order valence-electron chi connectivity index (χ0n) is 14.0. The van der Waals surface area contributed by atoms with Gasteiger partial charge >= 0.3 is 0 Å². The maximum absolute atomic E-state index is 12.3. The molecule has 0 unspecified atom stereocenters. The summed E-state index contributed by atoms with van der Waals surface area (Å²) in [6.07, 6.45) is 0. The molecule has 1 heterocycles. The van der Waals surface area contributed by atoms with Gasteiger partial charge in [0.05, 0.1) is 21.2 Å². The topological polar surface area (TPSA) is 95.6 Å². The van der Waals surface area contributed by atoms with Gasteiger partial charge in [-0.25, -0.2) is 0 Å². The second-order valence-electron chi connectivity index (χ2n) is 5.88. The van der Waals surface area contributed by atoms with E-state index in [2.05, 4.69) is 10.9 Å². The van der Waals surface area contributed by atoms with Crippen molar-refractivity contribution in [3.63, 3.8) is 0 Å². The van der Waals surface area contributed by atoms with Gasteiger partial charge in [0.2, 0.25) is 0 Å². The van der Waals surface area contributed by atoms with Crippen LogP contribution < -0.4 is 10.9 Å². The molecule has 0 aliphatic carbocycles. The number of carbonyl (C=O) groups is 4. The maximum Gasteiger partial charge on any atom is 0.269 e. The normalized spacial score (nSPS) is 12.8. The summed E-state index contributed by atoms with van der Waals surface area (Å²) in [5, 5.41) is 0.265. The lowest BCUT2D eigenvalue weighted by molar-refractivity contribution is -0.122. The van der Waals surface area contributed by atoms with Gasteiger partial charge < -0.3 is 0 Å². The quantitative estimate of drug-likeness (QED) is 0.604. The molecule has 2 aromatic rings. The summed E-state index contributed by atoms with van der Waals surface area (Å²) in [5.74, 6) is -2.58. The number of aryl methyl sites for hydroxylation is 1. The third-order valence-corrected chi connectivity index (χ3v) is 4.66. The van der Waals surface area contributed by atoms with Crippen molar-refractivity contribution >= 4 is 46.8 Å². The highest BCUT2D eigenvalue weighted by atomic mass is 35.5. The molecule has 0 saturated heterocycles. The minimum Gasteiger partial charge on any atom is -0.271 e. The molecule has 2 aromatic carbocycles. The van der Waals surface area contributed by atoms with E-state index in [1.807, 2.05) is 6.92 Å². The third kappa shape index (κ3) is 3.79. The van der Waals surface area contributed by atoms with Crippen LogP contribution in [0.2, 0.25) is 10.0 Å². The first-order valence-electron chi connectivity index (χ1n) is 7.79. The summed E-state index contributed by atoms with van der Waals surface area (Å²) >= 11 is 11.7. The van der Waals surface area contributed by atoms with E-state index in [4.69, 9.17) is 23.2 Å². The zero-order valence-corrected chi connectivity index (χ0v) is 15.5. The molecule has 0 radical (unpaired) electrons. The van der Waals surface area contributed by atoms with Crippen LogP contribution in [0.4, 0.5) is 0 Å². The Bertz CT molecular complexity index is 932. The van der Waals surface area contributed by atoms with Gasteiger partial charge in [-0.1, -0.05) is 40.9 Å². The largest absolute Gasteiger partial charge is 0.271 e. The van der Waals surface area contributed by atoms with Gasteiger partial charge in [-0.15, -0.1) is 0 Å². The number of halogens is 2. The first-order chi connectivity index (χ1) is 12.8. The van der Waals surface area contributed by atoms with Crippen LogP contribution in [0, 0.1) is 6.92 Å². The van der Waals surface area contributed by atoms with Gasteiger partial charge in [-0.3, -0.25) is 34.9 Å². The number of rotatable bonds is 3. The van der Waals surface area contributed by atoms with Gasteiger partial charge in [0.25, 0.3) is 23.6 Å². The van der Waals surface area contributed by atoms with Crippen molar-refractivity contribution in [3.05, 3.63) is 68.7 Å². The number of benzene rings is 2. The van der Waals surface area contributed by atoms with Crippen LogP contribution in [0.25, 0.3) is 0 Å². The fourth-order valence-corrected chi connectivity index (χ4v) is 2.84. The molecular formula is C18H13Cl2N3O4. The van der Waals surface area contributed by atoms with Crippen LogP contribution in [0.15, 0.2) is 36.4 Å². The Hall–Kier alpha value is -2.90. The molecular weight excluding hydrogens is 393 g/mol. The van der Waals surface area contributed by atoms with Crippen LogP contribution in [0.1, 0.15) is 36.6 Å². The standard InChI is InChI=1S/C18H13Cl2N3O4/c1-9-2-4-10(5-3-9)16(25)22-21-15(24)8-23-17(26)11-6-13(19)14(20)7-12(11)18(23)27/h2-7H,8H2,1H3,(H,21,24)(H,22,25). The maximum atomic E-state index is 12.3. The molecule has 0 bridgehead atoms. The second-order valence-corrected chi connectivity index (χ2v) is 6.69. The molecule has 4 amide bonds. The van der Waals surface area contributed by atoms with E-state index in [-0.39, 0.29) is 21.2 Å². The third-order valence-electron chi connectivity index (χ3n) is 3.94. The average molecular weight is 406 g/mol. The Morgan fingerprint density at radius 3 is 1.96 bits per heavy atom. The van der Waals surface area contributed by atoms with Crippen molar-refractivity contribution in [1.82, 2.24) is 15.8 Å². The molecule has 7 nitrogen and oxygen atoms in total. The monoisotopic (exact) mass is 405 g/mol. The van der Waals surface area contributed by atoms with Crippen molar-refractivity contribution in [2.75, 3.05) is 6.54 Å². The molecule has 1 aliphatic heterocycles. The number of nitrogens with one attached hydrogen (secondary N) is 2. The van der Waals surface area contributed by atoms with Crippen LogP contribution in [-0.2, 0) is 4.79 Å². The molecule has 3 rings (SSSR count). The van der Waals surface area contributed by atoms with Crippen molar-refractivity contribution < 1.29 is 19.2 Å². The number of carbonyl (C=O) groups excluding carboxylic acids is 4. The van der Waals surface area contributed by atoms with Crippen molar-refractivity contribution in [1.29, 1.82) is 0 Å². The predicted octanol–water partition coefficient (Wildman–Crippen LogP) is 2.36. The molecule has 1 aliphatic rings. The van der Waals surface area contributed by atoms with Crippen LogP contribution in [-0.4, -0.2) is 35.1 Å². The van der Waals surface area contributed by atoms with Gasteiger partial charge in [0.1, 0.15) is 6.54 Å². The number of amides is 4. The number of hydrogen-bond acceptors (Lipinski definition) is 4. The summed E-state index contributed by atoms with van der Waals surface area (Å²) < 4.78 is 0. The second kappa shape index (κ2) is 7.38. The Balaban J connectivity index is 1.63. The van der Waals surface area contributed by atoms with Gasteiger partial charge in [-0.2, -0.15) is 0 Å². The summed E-state index contributed by atoms with van der Waals surface area (Å²) in [6, 6.07) is 9.30. The number of imide groups is 1. The van der Waals surface area contributed by atoms with E-state index in [0.29, 0.717) is 5.56 Å². The first-order valence-corrected chi connectivity index (χ1v) is 8.54. The van der Waals surface area contributed by atoms with E-state index < -0.39 is 30.2 Å². The first kappa shape index (κ1) is 18.9. The van der Waals surface area contributed by atoms with Crippen molar-refractivity contribution in [2.24, 2.45) is 0 Å². The van der Waals surface area contributed by atoms with Crippen LogP contribution in [0.3, 0.4) is 0 Å². The minimum atomic E-state index is -0.734. The molecule has 27 heavy (non-hydrogen) atoms. The highest BCUT2D eigenvalue weighted by Crippen LogP contribution is 2.31. The minimum absolute atomic E-state index is 0.0749. The molecule has 0 spiro atoms. The van der Waals surface area contributed by atoms with Gasteiger partial charge in [0, 0.05) is 5.56 Å². The smallest absolute Gasteiger partial charge is 0.269 e. The van der Waals surface area contributed by atoms with Crippen molar-refractivity contribution in [2.45, 2.75) is 6.92 Å². The Labute approximate surface area is 164 Å². The lowest BCUT2D eigenvalue weighted by atomic mass is 10.1. The molecule has 9 heteroatoms. The molecule has 138 valence electrons. The average Bonchev–Trinajstić information content (AvgIpc) is 2.85. The highest BCUT2D eigenvalue weighted by Gasteiger charge is 2.37. The van der Waals surface area contributed by atoms with E-state index in [9.17, 15) is 19.2 Å². The molecule has 2 N–H and O–H groups in total. The number of nitrogens with zero attached hydrogens (tertiary/aromatic N) is 1. The number of hydrogen-bond donors (Lipinski definition) is 2. The van der Waals surface area contributed by atoms with E-state index in [1.165, 1.54) is 12.1 Å². The fraction of sp³-hybridized carbons (Fsp3) is 0.111. The molecule has 0 saturated carbocycles. The summed E-state index contributed by atoms with van der Waals surface area (Å²) in [7, 11) is 0. The SMILES string of the molecule is Cc1ccc(C(=O)NNC(=O)CN2C(=O)c3cc(Cl)c(Cl)cc3C2=O)cc1. The summed E-state index contributed by atoms with van der Waals surface area (Å²) in [6.45, 7) is 1.32. The summed E-state index contributed by atoms with van der Waals surface area (Å²) in [5.41, 5.74) is 5.90. The Kier molecular flexibility index (Phi) is 5.16.